The zero-order chi connectivity index (χ0) is 14.5. The van der Waals surface area contributed by atoms with Gasteiger partial charge in [0.05, 0.1) is 6.10 Å². The molecular formula is C10H17N7O3. The number of hydrogen-bond acceptors (Lipinski definition) is 9. The van der Waals surface area contributed by atoms with E-state index in [0.29, 0.717) is 13.0 Å². The van der Waals surface area contributed by atoms with Crippen molar-refractivity contribution in [1.29, 1.82) is 0 Å². The lowest BCUT2D eigenvalue weighted by molar-refractivity contribution is 0.0151. The number of hydrogen-bond donors (Lipinski definition) is 5. The monoisotopic (exact) mass is 283 g/mol. The van der Waals surface area contributed by atoms with Crippen molar-refractivity contribution < 1.29 is 14.6 Å². The van der Waals surface area contributed by atoms with Gasteiger partial charge in [-0.15, -0.1) is 0 Å². The van der Waals surface area contributed by atoms with Crippen LogP contribution in [0, 0.1) is 0 Å². The molecule has 0 radical (unpaired) electrons. The quantitative estimate of drug-likeness (QED) is 0.356. The van der Waals surface area contributed by atoms with Gasteiger partial charge in [-0.2, -0.15) is 0 Å². The Hall–Kier alpha value is -2.23. The molecule has 4 atom stereocenters. The summed E-state index contributed by atoms with van der Waals surface area (Å²) >= 11 is 0. The van der Waals surface area contributed by atoms with Crippen LogP contribution in [0.1, 0.15) is 6.42 Å². The molecular weight excluding hydrogens is 266 g/mol. The van der Waals surface area contributed by atoms with Gasteiger partial charge in [-0.25, -0.2) is 14.8 Å². The smallest absolute Gasteiger partial charge is 0.404 e. The summed E-state index contributed by atoms with van der Waals surface area (Å²) in [5.74, 6) is 0.461. The highest BCUT2D eigenvalue weighted by molar-refractivity contribution is 5.87. The van der Waals surface area contributed by atoms with Crippen molar-refractivity contribution in [3.63, 3.8) is 0 Å². The molecule has 4 unspecified atom stereocenters. The number of primary amides is 1. The number of nitrogens with two attached hydrogens (primary N) is 3. The first kappa shape index (κ1) is 12.8. The number of aliphatic hydroxyl groups is 1. The number of rotatable bonds is 2. The maximum absolute atomic E-state index is 10.8. The van der Waals surface area contributed by atoms with Gasteiger partial charge in [0.25, 0.3) is 0 Å². The molecule has 3 aliphatic heterocycles. The minimum Gasteiger partial charge on any atom is -0.447 e. The van der Waals surface area contributed by atoms with Gasteiger partial charge in [0.2, 0.25) is 0 Å². The van der Waals surface area contributed by atoms with Crippen LogP contribution in [-0.4, -0.2) is 65.0 Å². The number of aliphatic imine (C=N–C) groups is 2. The number of guanidine groups is 2. The first-order chi connectivity index (χ1) is 9.45. The van der Waals surface area contributed by atoms with Crippen molar-refractivity contribution in [2.45, 2.75) is 30.3 Å². The Morgan fingerprint density at radius 3 is 3.00 bits per heavy atom. The average molecular weight is 283 g/mol. The van der Waals surface area contributed by atoms with E-state index < -0.39 is 29.9 Å². The molecule has 0 saturated carbocycles. The Morgan fingerprint density at radius 2 is 2.30 bits per heavy atom. The molecule has 0 bridgehead atoms. The van der Waals surface area contributed by atoms with Crippen molar-refractivity contribution in [2.24, 2.45) is 27.2 Å². The fraction of sp³-hybridized carbons (Fsp3) is 0.700. The van der Waals surface area contributed by atoms with E-state index >= 15 is 0 Å². The average Bonchev–Trinajstić information content (AvgIpc) is 2.88. The van der Waals surface area contributed by atoms with E-state index in [1.807, 2.05) is 0 Å². The van der Waals surface area contributed by atoms with Gasteiger partial charge in [0, 0.05) is 6.54 Å². The zero-order valence-corrected chi connectivity index (χ0v) is 10.7. The van der Waals surface area contributed by atoms with Crippen molar-refractivity contribution in [1.82, 2.24) is 10.2 Å². The Bertz CT molecular complexity index is 507. The summed E-state index contributed by atoms with van der Waals surface area (Å²) in [6.45, 7) is 0.480. The highest BCUT2D eigenvalue weighted by atomic mass is 16.5. The lowest BCUT2D eigenvalue weighted by Crippen LogP contribution is -2.72. The lowest BCUT2D eigenvalue weighted by Gasteiger charge is -2.46. The van der Waals surface area contributed by atoms with Gasteiger partial charge in [-0.3, -0.25) is 0 Å². The first-order valence-electron chi connectivity index (χ1n) is 6.28. The molecule has 0 aliphatic carbocycles. The predicted molar refractivity (Wildman–Crippen MR) is 69.6 cm³/mol. The Morgan fingerprint density at radius 1 is 1.55 bits per heavy atom. The van der Waals surface area contributed by atoms with Crippen LogP contribution in [0.3, 0.4) is 0 Å². The van der Waals surface area contributed by atoms with Crippen LogP contribution in [0.5, 0.6) is 0 Å². The summed E-state index contributed by atoms with van der Waals surface area (Å²) in [7, 11) is 0. The fourth-order valence-corrected chi connectivity index (χ4v) is 3.19. The molecule has 1 fully saturated rings. The second-order valence-electron chi connectivity index (χ2n) is 5.05. The molecule has 1 spiro atoms. The van der Waals surface area contributed by atoms with Gasteiger partial charge < -0.3 is 37.3 Å². The van der Waals surface area contributed by atoms with Gasteiger partial charge in [0.1, 0.15) is 18.7 Å². The molecule has 3 rings (SSSR count). The molecule has 3 heterocycles. The molecule has 0 aromatic heterocycles. The molecule has 1 saturated heterocycles. The Kier molecular flexibility index (Phi) is 2.64. The van der Waals surface area contributed by atoms with E-state index in [1.54, 1.807) is 4.90 Å². The van der Waals surface area contributed by atoms with E-state index in [4.69, 9.17) is 21.9 Å². The molecule has 0 aromatic rings. The van der Waals surface area contributed by atoms with Crippen LogP contribution in [-0.2, 0) is 4.74 Å². The molecule has 10 heteroatoms. The van der Waals surface area contributed by atoms with Crippen molar-refractivity contribution in [2.75, 3.05) is 13.2 Å². The van der Waals surface area contributed by atoms with Gasteiger partial charge in [-0.1, -0.05) is 0 Å². The molecule has 1 amide bonds. The highest BCUT2D eigenvalue weighted by Crippen LogP contribution is 2.39. The zero-order valence-electron chi connectivity index (χ0n) is 10.7. The summed E-state index contributed by atoms with van der Waals surface area (Å²) in [5, 5.41) is 13.3. The number of nitrogens with one attached hydrogen (secondary N) is 1. The summed E-state index contributed by atoms with van der Waals surface area (Å²) in [5.41, 5.74) is 15.7. The third-order valence-electron chi connectivity index (χ3n) is 3.97. The van der Waals surface area contributed by atoms with E-state index in [-0.39, 0.29) is 18.5 Å². The number of carbonyl (C=O) groups excluding carboxylic acids is 1. The topological polar surface area (TPSA) is 165 Å². The fourth-order valence-electron chi connectivity index (χ4n) is 3.19. The number of ether oxygens (including phenoxy) is 1. The third-order valence-corrected chi connectivity index (χ3v) is 3.97. The van der Waals surface area contributed by atoms with E-state index in [1.165, 1.54) is 0 Å². The molecule has 10 nitrogen and oxygen atoms in total. The SMILES string of the molecule is NC(=O)OCC1N=C(N)N2CCC(O)C23NC(N)=NC13. The third kappa shape index (κ3) is 1.57. The van der Waals surface area contributed by atoms with Crippen LogP contribution in [0.25, 0.3) is 0 Å². The number of aliphatic hydroxyl groups excluding tert-OH is 1. The summed E-state index contributed by atoms with van der Waals surface area (Å²) in [6, 6.07) is -1.04. The molecule has 0 aromatic carbocycles. The number of nitrogens with zero attached hydrogens (tertiary/aromatic N) is 3. The molecule has 110 valence electrons. The van der Waals surface area contributed by atoms with Crippen LogP contribution in [0.15, 0.2) is 9.98 Å². The summed E-state index contributed by atoms with van der Waals surface area (Å²) in [4.78, 5) is 21.1. The lowest BCUT2D eigenvalue weighted by atomic mass is 9.89. The van der Waals surface area contributed by atoms with E-state index in [9.17, 15) is 9.90 Å². The van der Waals surface area contributed by atoms with Crippen LogP contribution in [0.2, 0.25) is 0 Å². The standard InChI is InChI=1S/C10H17N7O3/c11-7-15-6-4(3-20-9(13)19)14-8(12)17-2-1-5(18)10(6,17)16-7/h4-6,18H,1-3H2,(H2,12,14)(H2,13,19)(H3,11,15,16). The Labute approximate surface area is 114 Å². The second kappa shape index (κ2) is 4.13. The summed E-state index contributed by atoms with van der Waals surface area (Å²) < 4.78 is 4.79. The van der Waals surface area contributed by atoms with Crippen LogP contribution in [0.4, 0.5) is 4.79 Å². The van der Waals surface area contributed by atoms with Crippen molar-refractivity contribution in [3.8, 4) is 0 Å². The second-order valence-corrected chi connectivity index (χ2v) is 5.05. The van der Waals surface area contributed by atoms with Gasteiger partial charge in [0.15, 0.2) is 17.6 Å². The van der Waals surface area contributed by atoms with E-state index in [0.717, 1.165) is 0 Å². The molecule has 20 heavy (non-hydrogen) atoms. The maximum atomic E-state index is 10.8. The minimum atomic E-state index is -0.915. The highest BCUT2D eigenvalue weighted by Gasteiger charge is 2.62. The number of carbonyl (C=O) groups is 1. The normalized spacial score (nSPS) is 38.5. The predicted octanol–water partition coefficient (Wildman–Crippen LogP) is -3.17. The van der Waals surface area contributed by atoms with Gasteiger partial charge in [-0.05, 0) is 6.42 Å². The van der Waals surface area contributed by atoms with Crippen molar-refractivity contribution >= 4 is 18.0 Å². The first-order valence-corrected chi connectivity index (χ1v) is 6.28. The Balaban J connectivity index is 1.95. The minimum absolute atomic E-state index is 0.0680. The van der Waals surface area contributed by atoms with E-state index in [2.05, 4.69) is 15.3 Å². The maximum Gasteiger partial charge on any atom is 0.404 e. The largest absolute Gasteiger partial charge is 0.447 e. The van der Waals surface area contributed by atoms with Crippen LogP contribution < -0.4 is 22.5 Å². The van der Waals surface area contributed by atoms with Gasteiger partial charge >= 0.3 is 6.09 Å². The van der Waals surface area contributed by atoms with Crippen molar-refractivity contribution in [3.05, 3.63) is 0 Å². The molecule has 3 aliphatic rings. The van der Waals surface area contributed by atoms with Crippen LogP contribution >= 0.6 is 0 Å². The number of amides is 1. The molecule has 8 N–H and O–H groups in total. The summed E-state index contributed by atoms with van der Waals surface area (Å²) in [6.07, 6.45) is -1.08.